The Hall–Kier alpha value is -3.26. The summed E-state index contributed by atoms with van der Waals surface area (Å²) in [5.74, 6) is 0.842. The third kappa shape index (κ3) is 2.33. The van der Waals surface area contributed by atoms with Crippen LogP contribution in [0, 0.1) is 6.92 Å². The highest BCUT2D eigenvalue weighted by molar-refractivity contribution is 7.25. The van der Waals surface area contributed by atoms with Crippen LogP contribution >= 0.6 is 11.3 Å². The third-order valence-electron chi connectivity index (χ3n) is 4.60. The molecule has 0 spiro atoms. The predicted octanol–water partition coefficient (Wildman–Crippen LogP) is 3.49. The first-order valence-corrected chi connectivity index (χ1v) is 9.27. The molecule has 7 nitrogen and oxygen atoms in total. The second-order valence-electron chi connectivity index (χ2n) is 6.63. The van der Waals surface area contributed by atoms with E-state index in [4.69, 9.17) is 0 Å². The first-order valence-electron chi connectivity index (χ1n) is 8.46. The fourth-order valence-corrected chi connectivity index (χ4v) is 4.42. The molecule has 0 radical (unpaired) electrons. The van der Waals surface area contributed by atoms with Crippen molar-refractivity contribution < 1.29 is 1.43 Å². The fraction of sp³-hybridized carbons (Fsp3) is 0.158. The SMILES string of the molecule is Cc1nc2ccc(-n3cnc4c(sc5nccc(N(C)C)c54)c3=O)cc2[nH]1.[HH]. The molecule has 0 unspecified atom stereocenters. The zero-order chi connectivity index (χ0) is 18.7. The lowest BCUT2D eigenvalue weighted by atomic mass is 10.2. The predicted molar refractivity (Wildman–Crippen MR) is 111 cm³/mol. The molecule has 1 aromatic carbocycles. The van der Waals surface area contributed by atoms with E-state index in [2.05, 4.69) is 19.9 Å². The summed E-state index contributed by atoms with van der Waals surface area (Å²) >= 11 is 1.38. The van der Waals surface area contributed by atoms with Crippen molar-refractivity contribution in [3.05, 3.63) is 53.0 Å². The summed E-state index contributed by atoms with van der Waals surface area (Å²) in [6.45, 7) is 1.91. The van der Waals surface area contributed by atoms with Gasteiger partial charge in [0.05, 0.1) is 33.3 Å². The first-order chi connectivity index (χ1) is 13.0. The zero-order valence-corrected chi connectivity index (χ0v) is 15.8. The van der Waals surface area contributed by atoms with E-state index in [9.17, 15) is 4.79 Å². The number of anilines is 1. The van der Waals surface area contributed by atoms with Crippen molar-refractivity contribution in [2.24, 2.45) is 0 Å². The van der Waals surface area contributed by atoms with Gasteiger partial charge in [0.15, 0.2) is 0 Å². The molecule has 0 amide bonds. The highest BCUT2D eigenvalue weighted by Gasteiger charge is 2.17. The van der Waals surface area contributed by atoms with E-state index in [0.717, 1.165) is 38.4 Å². The van der Waals surface area contributed by atoms with Crippen LogP contribution in [0.3, 0.4) is 0 Å². The highest BCUT2D eigenvalue weighted by atomic mass is 32.1. The number of hydrogen-bond acceptors (Lipinski definition) is 6. The Bertz CT molecular complexity index is 1400. The van der Waals surface area contributed by atoms with Gasteiger partial charge in [-0.3, -0.25) is 9.36 Å². The minimum absolute atomic E-state index is 0. The maximum atomic E-state index is 13.2. The molecule has 5 rings (SSSR count). The summed E-state index contributed by atoms with van der Waals surface area (Å²) in [5.41, 5.74) is 4.13. The minimum atomic E-state index is -0.0942. The molecule has 0 saturated heterocycles. The van der Waals surface area contributed by atoms with Gasteiger partial charge in [-0.2, -0.15) is 0 Å². The van der Waals surface area contributed by atoms with Crippen molar-refractivity contribution >= 4 is 48.5 Å². The van der Waals surface area contributed by atoms with Gasteiger partial charge in [0.25, 0.3) is 5.56 Å². The van der Waals surface area contributed by atoms with Crippen LogP contribution in [0.2, 0.25) is 0 Å². The molecule has 5 aromatic rings. The van der Waals surface area contributed by atoms with E-state index in [0.29, 0.717) is 10.2 Å². The van der Waals surface area contributed by atoms with Gasteiger partial charge in [-0.1, -0.05) is 0 Å². The van der Waals surface area contributed by atoms with E-state index in [-0.39, 0.29) is 6.99 Å². The van der Waals surface area contributed by atoms with Gasteiger partial charge in [0, 0.05) is 21.7 Å². The maximum Gasteiger partial charge on any atom is 0.275 e. The Kier molecular flexibility index (Phi) is 3.32. The van der Waals surface area contributed by atoms with E-state index < -0.39 is 0 Å². The summed E-state index contributed by atoms with van der Waals surface area (Å²) in [4.78, 5) is 32.7. The molecule has 0 aliphatic heterocycles. The van der Waals surface area contributed by atoms with Gasteiger partial charge < -0.3 is 9.88 Å². The van der Waals surface area contributed by atoms with Crippen LogP contribution in [0.1, 0.15) is 7.25 Å². The Morgan fingerprint density at radius 1 is 1.22 bits per heavy atom. The van der Waals surface area contributed by atoms with Crippen molar-refractivity contribution in [3.8, 4) is 5.69 Å². The molecule has 0 saturated carbocycles. The van der Waals surface area contributed by atoms with Crippen LogP contribution in [0.5, 0.6) is 0 Å². The molecular weight excluding hydrogens is 360 g/mol. The fourth-order valence-electron chi connectivity index (χ4n) is 3.37. The number of imidazole rings is 1. The average molecular weight is 378 g/mol. The van der Waals surface area contributed by atoms with Crippen LogP contribution in [0.25, 0.3) is 37.2 Å². The number of pyridine rings is 1. The Labute approximate surface area is 159 Å². The van der Waals surface area contributed by atoms with Crippen molar-refractivity contribution in [2.45, 2.75) is 6.92 Å². The smallest absolute Gasteiger partial charge is 0.275 e. The van der Waals surface area contributed by atoms with E-state index in [1.807, 2.05) is 50.2 Å². The van der Waals surface area contributed by atoms with Gasteiger partial charge in [0.2, 0.25) is 0 Å². The van der Waals surface area contributed by atoms with Gasteiger partial charge in [-0.15, -0.1) is 11.3 Å². The summed E-state index contributed by atoms with van der Waals surface area (Å²) in [5, 5.41) is 0.923. The number of aromatic amines is 1. The number of nitrogens with one attached hydrogen (secondary N) is 1. The van der Waals surface area contributed by atoms with Crippen molar-refractivity contribution in [3.63, 3.8) is 0 Å². The monoisotopic (exact) mass is 378 g/mol. The second kappa shape index (κ2) is 5.62. The Balaban J connectivity index is 0.00000192. The standard InChI is InChI=1S/C19H16N6OS.H2/c1-10-22-12-5-4-11(8-13(12)23-10)25-9-21-16-15-14(24(2)3)6-7-20-18(15)27-17(16)19(25)26;/h4-9H,1-3H3,(H,22,23);1H. The first kappa shape index (κ1) is 16.0. The molecule has 1 N–H and O–H groups in total. The Morgan fingerprint density at radius 3 is 2.89 bits per heavy atom. The van der Waals surface area contributed by atoms with Crippen LogP contribution in [0.4, 0.5) is 5.69 Å². The number of hydrogen-bond donors (Lipinski definition) is 1. The zero-order valence-electron chi connectivity index (χ0n) is 15.0. The molecule has 0 aliphatic rings. The molecule has 136 valence electrons. The number of aryl methyl sites for hydroxylation is 1. The number of aromatic nitrogens is 5. The lowest BCUT2D eigenvalue weighted by molar-refractivity contribution is 0.969. The van der Waals surface area contributed by atoms with Crippen molar-refractivity contribution in [2.75, 3.05) is 19.0 Å². The Morgan fingerprint density at radius 2 is 2.07 bits per heavy atom. The summed E-state index contributed by atoms with van der Waals surface area (Å²) in [6.07, 6.45) is 3.35. The molecule has 0 fully saturated rings. The van der Waals surface area contributed by atoms with Crippen LogP contribution < -0.4 is 10.5 Å². The van der Waals surface area contributed by atoms with Crippen LogP contribution in [-0.2, 0) is 0 Å². The normalized spacial score (nSPS) is 11.7. The largest absolute Gasteiger partial charge is 0.377 e. The summed E-state index contributed by atoms with van der Waals surface area (Å²) in [7, 11) is 3.95. The van der Waals surface area contributed by atoms with E-state index in [1.165, 1.54) is 11.3 Å². The molecule has 0 bridgehead atoms. The summed E-state index contributed by atoms with van der Waals surface area (Å²) < 4.78 is 2.18. The molecular formula is C19H18N6OS. The third-order valence-corrected chi connectivity index (χ3v) is 5.68. The lowest BCUT2D eigenvalue weighted by Crippen LogP contribution is -2.17. The quantitative estimate of drug-likeness (QED) is 0.509. The van der Waals surface area contributed by atoms with Crippen molar-refractivity contribution in [1.82, 2.24) is 24.5 Å². The van der Waals surface area contributed by atoms with Gasteiger partial charge in [0.1, 0.15) is 21.7 Å². The number of thiophene rings is 1. The topological polar surface area (TPSA) is 79.7 Å². The number of benzene rings is 1. The van der Waals surface area contributed by atoms with Gasteiger partial charge >= 0.3 is 0 Å². The molecule has 8 heteroatoms. The highest BCUT2D eigenvalue weighted by Crippen LogP contribution is 2.35. The lowest BCUT2D eigenvalue weighted by Gasteiger charge is -2.13. The molecule has 0 aliphatic carbocycles. The summed E-state index contributed by atoms with van der Waals surface area (Å²) in [6, 6.07) is 7.65. The molecule has 4 aromatic heterocycles. The number of rotatable bonds is 2. The van der Waals surface area contributed by atoms with Crippen LogP contribution in [0.15, 0.2) is 41.6 Å². The maximum absolute atomic E-state index is 13.2. The number of nitrogens with zero attached hydrogens (tertiary/aromatic N) is 5. The molecule has 0 atom stereocenters. The average Bonchev–Trinajstić information content (AvgIpc) is 3.21. The van der Waals surface area contributed by atoms with Crippen molar-refractivity contribution in [1.29, 1.82) is 0 Å². The molecule has 27 heavy (non-hydrogen) atoms. The minimum Gasteiger partial charge on any atom is -0.377 e. The van der Waals surface area contributed by atoms with E-state index in [1.54, 1.807) is 17.1 Å². The number of fused-ring (bicyclic) bond motifs is 4. The van der Waals surface area contributed by atoms with Gasteiger partial charge in [-0.25, -0.2) is 15.0 Å². The molecule has 4 heterocycles. The van der Waals surface area contributed by atoms with E-state index >= 15 is 0 Å². The van der Waals surface area contributed by atoms with Gasteiger partial charge in [-0.05, 0) is 31.2 Å². The second-order valence-corrected chi connectivity index (χ2v) is 7.63. The number of H-pyrrole nitrogens is 1. The van der Waals surface area contributed by atoms with Crippen LogP contribution in [-0.4, -0.2) is 38.6 Å².